The highest BCUT2D eigenvalue weighted by Gasteiger charge is 2.50. The number of halogens is 3. The standard InChI is InChI=1S/C19H20F3N7O3S/c1-11-7-12(19(20,21)22)8-14(30)15(11)13-3-4-28-16(24-13)25-17(26-28)27-5-6-29-18(2,10-27)9-23-33(29,31)32/h3-4,7-8,23,30H,5-6,9-10H2,1-2H3/t18-/m0/s1. The Morgan fingerprint density at radius 3 is 2.67 bits per heavy atom. The largest absolute Gasteiger partial charge is 0.507 e. The van der Waals surface area contributed by atoms with Gasteiger partial charge in [0.2, 0.25) is 5.95 Å². The van der Waals surface area contributed by atoms with Crippen LogP contribution in [-0.4, -0.2) is 69.1 Å². The Hall–Kier alpha value is -2.97. The second-order valence-corrected chi connectivity index (χ2v) is 10.2. The zero-order valence-corrected chi connectivity index (χ0v) is 18.4. The summed E-state index contributed by atoms with van der Waals surface area (Å²) in [5.74, 6) is 0.0297. The van der Waals surface area contributed by atoms with Crippen LogP contribution in [0.15, 0.2) is 24.4 Å². The van der Waals surface area contributed by atoms with Crippen molar-refractivity contribution in [2.75, 3.05) is 31.1 Å². The Morgan fingerprint density at radius 2 is 1.97 bits per heavy atom. The van der Waals surface area contributed by atoms with Gasteiger partial charge in [-0.25, -0.2) is 14.2 Å². The minimum absolute atomic E-state index is 0.179. The zero-order chi connectivity index (χ0) is 23.8. The quantitative estimate of drug-likeness (QED) is 0.568. The fourth-order valence-corrected chi connectivity index (χ4v) is 6.08. The summed E-state index contributed by atoms with van der Waals surface area (Å²) in [6, 6.07) is 3.17. The number of anilines is 1. The second-order valence-electron chi connectivity index (χ2n) is 8.47. The number of hydrogen-bond donors (Lipinski definition) is 2. The number of rotatable bonds is 2. The van der Waals surface area contributed by atoms with Crippen molar-refractivity contribution in [2.45, 2.75) is 25.6 Å². The molecule has 2 aromatic heterocycles. The molecular weight excluding hydrogens is 463 g/mol. The average Bonchev–Trinajstić information content (AvgIpc) is 3.24. The highest BCUT2D eigenvalue weighted by Crippen LogP contribution is 2.38. The molecular formula is C19H20F3N7O3S. The SMILES string of the molecule is Cc1cc(C(F)(F)F)cc(O)c1-c1ccn2nc(N3CCN4[C@@](C)(CNS4(=O)=O)C3)nc2n1. The van der Waals surface area contributed by atoms with Gasteiger partial charge >= 0.3 is 6.18 Å². The van der Waals surface area contributed by atoms with Crippen LogP contribution in [0, 0.1) is 6.92 Å². The van der Waals surface area contributed by atoms with Crippen LogP contribution >= 0.6 is 0 Å². The average molecular weight is 483 g/mol. The normalized spacial score (nSPS) is 23.2. The molecule has 2 saturated heterocycles. The van der Waals surface area contributed by atoms with E-state index >= 15 is 0 Å². The van der Waals surface area contributed by atoms with Gasteiger partial charge < -0.3 is 10.0 Å². The number of piperazine rings is 1. The number of phenols is 1. The molecule has 10 nitrogen and oxygen atoms in total. The number of fused-ring (bicyclic) bond motifs is 2. The van der Waals surface area contributed by atoms with Crippen LogP contribution in [-0.2, 0) is 16.4 Å². The van der Waals surface area contributed by atoms with E-state index in [0.29, 0.717) is 25.1 Å². The van der Waals surface area contributed by atoms with Gasteiger partial charge in [0, 0.05) is 37.9 Å². The monoisotopic (exact) mass is 483 g/mol. The van der Waals surface area contributed by atoms with Crippen molar-refractivity contribution in [3.63, 3.8) is 0 Å². The van der Waals surface area contributed by atoms with E-state index in [1.165, 1.54) is 21.8 Å². The molecule has 5 rings (SSSR count). The van der Waals surface area contributed by atoms with Crippen molar-refractivity contribution < 1.29 is 26.7 Å². The lowest BCUT2D eigenvalue weighted by atomic mass is 10.00. The van der Waals surface area contributed by atoms with E-state index in [1.54, 1.807) is 6.20 Å². The fraction of sp³-hybridized carbons (Fsp3) is 0.421. The van der Waals surface area contributed by atoms with Crippen LogP contribution in [0.5, 0.6) is 5.75 Å². The molecule has 2 fully saturated rings. The molecule has 0 spiro atoms. The Kier molecular flexibility index (Phi) is 4.64. The van der Waals surface area contributed by atoms with Gasteiger partial charge in [0.25, 0.3) is 16.0 Å². The Morgan fingerprint density at radius 1 is 1.21 bits per heavy atom. The Bertz CT molecular complexity index is 1350. The highest BCUT2D eigenvalue weighted by molar-refractivity contribution is 7.87. The lowest BCUT2D eigenvalue weighted by Crippen LogP contribution is -2.60. The van der Waals surface area contributed by atoms with E-state index in [0.717, 1.165) is 6.07 Å². The van der Waals surface area contributed by atoms with Gasteiger partial charge in [-0.3, -0.25) is 0 Å². The summed E-state index contributed by atoms with van der Waals surface area (Å²) in [6.07, 6.45) is -3.01. The van der Waals surface area contributed by atoms with Gasteiger partial charge in [-0.15, -0.1) is 5.10 Å². The van der Waals surface area contributed by atoms with Crippen LogP contribution in [0.1, 0.15) is 18.1 Å². The predicted molar refractivity (Wildman–Crippen MR) is 112 cm³/mol. The molecule has 2 N–H and O–H groups in total. The number of aromatic hydroxyl groups is 1. The molecule has 0 saturated carbocycles. The number of nitrogens with one attached hydrogen (secondary N) is 1. The smallest absolute Gasteiger partial charge is 0.416 e. The second kappa shape index (κ2) is 7.01. The molecule has 33 heavy (non-hydrogen) atoms. The van der Waals surface area contributed by atoms with E-state index in [2.05, 4.69) is 19.8 Å². The lowest BCUT2D eigenvalue weighted by molar-refractivity contribution is -0.137. The van der Waals surface area contributed by atoms with E-state index in [-0.39, 0.29) is 35.7 Å². The molecule has 0 radical (unpaired) electrons. The van der Waals surface area contributed by atoms with Crippen molar-refractivity contribution in [3.05, 3.63) is 35.5 Å². The minimum atomic E-state index is -4.57. The number of hydrogen-bond acceptors (Lipinski definition) is 7. The van der Waals surface area contributed by atoms with E-state index in [1.807, 2.05) is 11.8 Å². The van der Waals surface area contributed by atoms with E-state index in [4.69, 9.17) is 0 Å². The molecule has 176 valence electrons. The molecule has 1 atom stereocenters. The van der Waals surface area contributed by atoms with Crippen molar-refractivity contribution in [2.24, 2.45) is 0 Å². The molecule has 2 aliphatic rings. The first-order valence-corrected chi connectivity index (χ1v) is 11.5. The fourth-order valence-electron chi connectivity index (χ4n) is 4.41. The van der Waals surface area contributed by atoms with Crippen LogP contribution in [0.25, 0.3) is 17.0 Å². The molecule has 0 bridgehead atoms. The first kappa shape index (κ1) is 21.9. The zero-order valence-electron chi connectivity index (χ0n) is 17.6. The summed E-state index contributed by atoms with van der Waals surface area (Å²) in [7, 11) is -3.49. The number of benzene rings is 1. The van der Waals surface area contributed by atoms with Crippen molar-refractivity contribution in [3.8, 4) is 17.0 Å². The van der Waals surface area contributed by atoms with Gasteiger partial charge in [0.1, 0.15) is 5.75 Å². The Labute approximate surface area is 186 Å². The molecule has 2 aliphatic heterocycles. The first-order valence-electron chi connectivity index (χ1n) is 10.0. The summed E-state index contributed by atoms with van der Waals surface area (Å²) in [5, 5.41) is 14.7. The highest BCUT2D eigenvalue weighted by atomic mass is 32.2. The molecule has 14 heteroatoms. The molecule has 0 amide bonds. The van der Waals surface area contributed by atoms with Crippen molar-refractivity contribution in [1.29, 1.82) is 0 Å². The molecule has 3 aromatic rings. The number of phenolic OH excluding ortho intramolecular Hbond substituents is 1. The topological polar surface area (TPSA) is 116 Å². The van der Waals surface area contributed by atoms with Crippen LogP contribution in [0.4, 0.5) is 19.1 Å². The molecule has 0 aliphatic carbocycles. The van der Waals surface area contributed by atoms with Crippen molar-refractivity contribution in [1.82, 2.24) is 28.6 Å². The van der Waals surface area contributed by atoms with Gasteiger partial charge in [-0.1, -0.05) is 0 Å². The third-order valence-electron chi connectivity index (χ3n) is 6.01. The van der Waals surface area contributed by atoms with Crippen LogP contribution in [0.2, 0.25) is 0 Å². The third-order valence-corrected chi connectivity index (χ3v) is 7.72. The third kappa shape index (κ3) is 3.57. The summed E-state index contributed by atoms with van der Waals surface area (Å²) in [4.78, 5) is 10.7. The number of aryl methyl sites for hydroxylation is 1. The summed E-state index contributed by atoms with van der Waals surface area (Å²) in [6.45, 7) is 4.63. The summed E-state index contributed by atoms with van der Waals surface area (Å²) >= 11 is 0. The Balaban J connectivity index is 1.47. The molecule has 0 unspecified atom stereocenters. The summed E-state index contributed by atoms with van der Waals surface area (Å²) in [5.41, 5.74) is -0.927. The van der Waals surface area contributed by atoms with Gasteiger partial charge in [-0.2, -0.15) is 30.9 Å². The van der Waals surface area contributed by atoms with E-state index < -0.39 is 33.2 Å². The maximum atomic E-state index is 13.0. The predicted octanol–water partition coefficient (Wildman–Crippen LogP) is 1.55. The van der Waals surface area contributed by atoms with E-state index in [9.17, 15) is 26.7 Å². The van der Waals surface area contributed by atoms with Crippen LogP contribution in [0.3, 0.4) is 0 Å². The minimum Gasteiger partial charge on any atom is -0.507 e. The first-order chi connectivity index (χ1) is 15.4. The number of aromatic nitrogens is 4. The molecule has 4 heterocycles. The van der Waals surface area contributed by atoms with Crippen LogP contribution < -0.4 is 9.62 Å². The number of alkyl halides is 3. The van der Waals surface area contributed by atoms with Gasteiger partial charge in [0.15, 0.2) is 0 Å². The van der Waals surface area contributed by atoms with Gasteiger partial charge in [-0.05, 0) is 37.6 Å². The molecule has 1 aromatic carbocycles. The number of nitrogens with zero attached hydrogens (tertiary/aromatic N) is 6. The lowest BCUT2D eigenvalue weighted by Gasteiger charge is -2.42. The van der Waals surface area contributed by atoms with Crippen molar-refractivity contribution >= 4 is 21.9 Å². The van der Waals surface area contributed by atoms with Gasteiger partial charge in [0.05, 0.1) is 16.8 Å². The maximum absolute atomic E-state index is 13.0. The maximum Gasteiger partial charge on any atom is 0.416 e. The summed E-state index contributed by atoms with van der Waals surface area (Å²) < 4.78 is 68.8.